The smallest absolute Gasteiger partial charge is 0.226 e. The number of nitrogens with two attached hydrogens (primary N) is 1. The Morgan fingerprint density at radius 2 is 1.85 bits per heavy atom. The van der Waals surface area contributed by atoms with Crippen molar-refractivity contribution in [2.24, 2.45) is 23.0 Å². The predicted molar refractivity (Wildman–Crippen MR) is 75.8 cm³/mol. The summed E-state index contributed by atoms with van der Waals surface area (Å²) in [7, 11) is 0. The summed E-state index contributed by atoms with van der Waals surface area (Å²) in [6.45, 7) is 3.73. The lowest BCUT2D eigenvalue weighted by atomic mass is 9.90. The fourth-order valence-electron chi connectivity index (χ4n) is 4.04. The van der Waals surface area contributed by atoms with Crippen molar-refractivity contribution in [2.45, 2.75) is 38.5 Å². The van der Waals surface area contributed by atoms with Crippen molar-refractivity contribution in [3.8, 4) is 0 Å². The van der Waals surface area contributed by atoms with Crippen LogP contribution >= 0.6 is 0 Å². The summed E-state index contributed by atoms with van der Waals surface area (Å²) in [5.74, 6) is 0.802. The highest BCUT2D eigenvalue weighted by Crippen LogP contribution is 2.59. The molecule has 2 heterocycles. The molecule has 112 valence electrons. The molecule has 1 saturated carbocycles. The van der Waals surface area contributed by atoms with Gasteiger partial charge in [0.25, 0.3) is 0 Å². The number of primary amides is 1. The molecule has 2 saturated heterocycles. The van der Waals surface area contributed by atoms with Gasteiger partial charge in [0.05, 0.1) is 0 Å². The Kier molecular flexibility index (Phi) is 3.71. The Morgan fingerprint density at radius 3 is 2.45 bits per heavy atom. The van der Waals surface area contributed by atoms with Gasteiger partial charge in [-0.25, -0.2) is 0 Å². The highest BCUT2D eigenvalue weighted by Gasteiger charge is 2.58. The Bertz CT molecular complexity index is 396. The molecule has 1 unspecified atom stereocenters. The van der Waals surface area contributed by atoms with Crippen molar-refractivity contribution < 1.29 is 9.59 Å². The molecular weight excluding hydrogens is 254 g/mol. The van der Waals surface area contributed by atoms with Crippen molar-refractivity contribution >= 4 is 11.8 Å². The molecule has 3 fully saturated rings. The number of amides is 2. The molecule has 5 heteroatoms. The second-order valence-corrected chi connectivity index (χ2v) is 6.81. The normalized spacial score (nSPS) is 29.4. The summed E-state index contributed by atoms with van der Waals surface area (Å²) in [4.78, 5) is 25.5. The van der Waals surface area contributed by atoms with Crippen LogP contribution in [0.1, 0.15) is 38.5 Å². The quantitative estimate of drug-likeness (QED) is 0.789. The van der Waals surface area contributed by atoms with E-state index >= 15 is 0 Å². The molecule has 3 N–H and O–H groups in total. The SMILES string of the molecule is NC(=O)CC1CCN(C(=O)C2CC23CCNCC3)CC1. The number of carbonyl (C=O) groups is 2. The highest BCUT2D eigenvalue weighted by molar-refractivity contribution is 5.83. The van der Waals surface area contributed by atoms with Crippen LogP contribution in [0.3, 0.4) is 0 Å². The second kappa shape index (κ2) is 5.35. The molecule has 0 aromatic rings. The largest absolute Gasteiger partial charge is 0.370 e. The number of piperidine rings is 2. The maximum absolute atomic E-state index is 12.6. The molecule has 2 amide bonds. The fourth-order valence-corrected chi connectivity index (χ4v) is 4.04. The van der Waals surface area contributed by atoms with Gasteiger partial charge in [0.1, 0.15) is 0 Å². The molecule has 3 rings (SSSR count). The number of hydrogen-bond donors (Lipinski definition) is 2. The second-order valence-electron chi connectivity index (χ2n) is 6.81. The van der Waals surface area contributed by atoms with Gasteiger partial charge >= 0.3 is 0 Å². The van der Waals surface area contributed by atoms with Gasteiger partial charge in [-0.15, -0.1) is 0 Å². The Morgan fingerprint density at radius 1 is 1.20 bits per heavy atom. The lowest BCUT2D eigenvalue weighted by Gasteiger charge is -2.33. The van der Waals surface area contributed by atoms with E-state index in [1.54, 1.807) is 0 Å². The van der Waals surface area contributed by atoms with Gasteiger partial charge in [-0.1, -0.05) is 0 Å². The molecule has 0 radical (unpaired) electrons. The van der Waals surface area contributed by atoms with E-state index in [-0.39, 0.29) is 11.8 Å². The number of nitrogens with one attached hydrogen (secondary N) is 1. The van der Waals surface area contributed by atoms with E-state index in [0.717, 1.165) is 58.3 Å². The van der Waals surface area contributed by atoms with Crippen molar-refractivity contribution in [2.75, 3.05) is 26.2 Å². The minimum Gasteiger partial charge on any atom is -0.370 e. The number of likely N-dealkylation sites (tertiary alicyclic amines) is 1. The third kappa shape index (κ3) is 2.68. The summed E-state index contributed by atoms with van der Waals surface area (Å²) < 4.78 is 0. The lowest BCUT2D eigenvalue weighted by Crippen LogP contribution is -2.41. The molecule has 0 aromatic carbocycles. The molecule has 0 bridgehead atoms. The van der Waals surface area contributed by atoms with Gasteiger partial charge in [-0.3, -0.25) is 9.59 Å². The van der Waals surface area contributed by atoms with Crippen LogP contribution in [-0.4, -0.2) is 42.9 Å². The van der Waals surface area contributed by atoms with Gasteiger partial charge < -0.3 is 16.0 Å². The molecule has 0 aromatic heterocycles. The molecule has 1 aliphatic carbocycles. The Hall–Kier alpha value is -1.10. The first-order valence-electron chi connectivity index (χ1n) is 7.88. The van der Waals surface area contributed by atoms with Crippen molar-refractivity contribution in [3.05, 3.63) is 0 Å². The van der Waals surface area contributed by atoms with E-state index < -0.39 is 0 Å². The summed E-state index contributed by atoms with van der Waals surface area (Å²) >= 11 is 0. The number of nitrogens with zero attached hydrogens (tertiary/aromatic N) is 1. The van der Waals surface area contributed by atoms with E-state index in [9.17, 15) is 9.59 Å². The molecule has 2 aliphatic heterocycles. The number of carbonyl (C=O) groups excluding carboxylic acids is 2. The van der Waals surface area contributed by atoms with Gasteiger partial charge in [-0.05, 0) is 56.5 Å². The maximum Gasteiger partial charge on any atom is 0.226 e. The minimum atomic E-state index is -0.217. The standard InChI is InChI=1S/C15H25N3O2/c16-13(19)9-11-1-7-18(8-2-11)14(20)12-10-15(12)3-5-17-6-4-15/h11-12,17H,1-10H2,(H2,16,19). The highest BCUT2D eigenvalue weighted by atomic mass is 16.2. The van der Waals surface area contributed by atoms with Gasteiger partial charge in [0.15, 0.2) is 0 Å². The first kappa shape index (κ1) is 13.9. The van der Waals surface area contributed by atoms with Crippen LogP contribution in [0, 0.1) is 17.3 Å². The van der Waals surface area contributed by atoms with E-state index in [2.05, 4.69) is 5.32 Å². The zero-order chi connectivity index (χ0) is 14.2. The van der Waals surface area contributed by atoms with E-state index in [1.807, 2.05) is 4.90 Å². The molecule has 5 nitrogen and oxygen atoms in total. The van der Waals surface area contributed by atoms with Crippen LogP contribution in [0.25, 0.3) is 0 Å². The molecular formula is C15H25N3O2. The number of hydrogen-bond acceptors (Lipinski definition) is 3. The summed E-state index contributed by atoms with van der Waals surface area (Å²) in [5.41, 5.74) is 5.57. The predicted octanol–water partition coefficient (Wildman–Crippen LogP) is 0.490. The van der Waals surface area contributed by atoms with Crippen molar-refractivity contribution in [3.63, 3.8) is 0 Å². The third-order valence-corrected chi connectivity index (χ3v) is 5.50. The Labute approximate surface area is 120 Å². The molecule has 1 spiro atoms. The van der Waals surface area contributed by atoms with Crippen LogP contribution in [-0.2, 0) is 9.59 Å². The topological polar surface area (TPSA) is 75.4 Å². The average Bonchev–Trinajstić information content (AvgIpc) is 3.12. The zero-order valence-corrected chi connectivity index (χ0v) is 12.1. The number of rotatable bonds is 3. The van der Waals surface area contributed by atoms with Crippen molar-refractivity contribution in [1.29, 1.82) is 0 Å². The summed E-state index contributed by atoms with van der Waals surface area (Å²) in [5, 5.41) is 3.37. The Balaban J connectivity index is 1.49. The van der Waals surface area contributed by atoms with E-state index in [0.29, 0.717) is 23.7 Å². The zero-order valence-electron chi connectivity index (χ0n) is 12.1. The monoisotopic (exact) mass is 279 g/mol. The van der Waals surface area contributed by atoms with Crippen LogP contribution in [0.4, 0.5) is 0 Å². The minimum absolute atomic E-state index is 0.217. The molecule has 3 aliphatic rings. The van der Waals surface area contributed by atoms with Crippen LogP contribution < -0.4 is 11.1 Å². The molecule has 20 heavy (non-hydrogen) atoms. The maximum atomic E-state index is 12.6. The summed E-state index contributed by atoms with van der Waals surface area (Å²) in [6.07, 6.45) is 5.73. The van der Waals surface area contributed by atoms with E-state index in [1.165, 1.54) is 0 Å². The lowest BCUT2D eigenvalue weighted by molar-refractivity contribution is -0.135. The van der Waals surface area contributed by atoms with Crippen LogP contribution in [0.5, 0.6) is 0 Å². The average molecular weight is 279 g/mol. The fraction of sp³-hybridized carbons (Fsp3) is 0.867. The van der Waals surface area contributed by atoms with E-state index in [4.69, 9.17) is 5.73 Å². The third-order valence-electron chi connectivity index (χ3n) is 5.50. The first-order chi connectivity index (χ1) is 9.61. The van der Waals surface area contributed by atoms with Crippen LogP contribution in [0.15, 0.2) is 0 Å². The first-order valence-corrected chi connectivity index (χ1v) is 7.88. The van der Waals surface area contributed by atoms with Gasteiger partial charge in [-0.2, -0.15) is 0 Å². The molecule has 1 atom stereocenters. The van der Waals surface area contributed by atoms with Crippen molar-refractivity contribution in [1.82, 2.24) is 10.2 Å². The van der Waals surface area contributed by atoms with Gasteiger partial charge in [0.2, 0.25) is 11.8 Å². The van der Waals surface area contributed by atoms with Gasteiger partial charge in [0, 0.05) is 25.4 Å². The summed E-state index contributed by atoms with van der Waals surface area (Å²) in [6, 6.07) is 0. The van der Waals surface area contributed by atoms with Crippen LogP contribution in [0.2, 0.25) is 0 Å².